The number of nitrogens with zero attached hydrogens (tertiary/aromatic N) is 1. The van der Waals surface area contributed by atoms with Crippen LogP contribution < -0.4 is 4.74 Å². The maximum atomic E-state index is 6.82. The van der Waals surface area contributed by atoms with Crippen molar-refractivity contribution in [1.82, 2.24) is 0 Å². The molecule has 3 heteroatoms. The summed E-state index contributed by atoms with van der Waals surface area (Å²) in [5.41, 5.74) is 0.622. The lowest BCUT2D eigenvalue weighted by Crippen LogP contribution is -1.96. The molecule has 0 saturated carbocycles. The number of benzene rings is 1. The second-order valence-corrected chi connectivity index (χ2v) is 3.29. The van der Waals surface area contributed by atoms with E-state index in [-0.39, 0.29) is 0 Å². The minimum atomic E-state index is 0.622. The predicted molar refractivity (Wildman–Crippen MR) is 56.6 cm³/mol. The molecule has 0 aromatic heterocycles. The molecule has 0 atom stereocenters. The van der Waals surface area contributed by atoms with Gasteiger partial charge in [-0.2, -0.15) is 0 Å². The van der Waals surface area contributed by atoms with E-state index >= 15 is 0 Å². The number of alkyl halides is 1. The van der Waals surface area contributed by atoms with Crippen molar-refractivity contribution < 1.29 is 4.74 Å². The Hall–Kier alpha value is -1.01. The molecule has 1 aromatic carbocycles. The van der Waals surface area contributed by atoms with Crippen LogP contribution in [0.1, 0.15) is 6.42 Å². The Kier molecular flexibility index (Phi) is 4.34. The van der Waals surface area contributed by atoms with Gasteiger partial charge in [0.1, 0.15) is 5.75 Å². The molecule has 68 valence electrons. The van der Waals surface area contributed by atoms with Crippen molar-refractivity contribution >= 4 is 21.6 Å². The molecule has 0 fully saturated rings. The first-order valence-electron chi connectivity index (χ1n) is 4.03. The number of hydrogen-bond acceptors (Lipinski definition) is 1. The molecule has 0 amide bonds. The van der Waals surface area contributed by atoms with Crippen molar-refractivity contribution in [2.24, 2.45) is 0 Å². The fraction of sp³-hybridized carbons (Fsp3) is 0.300. The van der Waals surface area contributed by atoms with Gasteiger partial charge in [0, 0.05) is 5.33 Å². The third-order valence-corrected chi connectivity index (χ3v) is 2.05. The third-order valence-electron chi connectivity index (χ3n) is 1.49. The van der Waals surface area contributed by atoms with Crippen LogP contribution in [0.4, 0.5) is 5.69 Å². The largest absolute Gasteiger partial charge is 0.495 e. The lowest BCUT2D eigenvalue weighted by Gasteiger charge is -2.04. The summed E-state index contributed by atoms with van der Waals surface area (Å²) in [5, 5.41) is 0.940. The molecule has 1 rings (SSSR count). The van der Waals surface area contributed by atoms with Crippen LogP contribution >= 0.6 is 15.9 Å². The topological polar surface area (TPSA) is 13.6 Å². The van der Waals surface area contributed by atoms with Crippen molar-refractivity contribution in [1.29, 1.82) is 0 Å². The van der Waals surface area contributed by atoms with Crippen LogP contribution in [-0.2, 0) is 0 Å². The fourth-order valence-corrected chi connectivity index (χ4v) is 1.12. The van der Waals surface area contributed by atoms with Crippen LogP contribution in [0.15, 0.2) is 24.3 Å². The molecule has 0 aliphatic heterocycles. The van der Waals surface area contributed by atoms with Crippen LogP contribution in [0.5, 0.6) is 5.75 Å². The minimum absolute atomic E-state index is 0.622. The highest BCUT2D eigenvalue weighted by Gasteiger charge is 1.94. The smallest absolute Gasteiger partial charge is 0.190 e. The summed E-state index contributed by atoms with van der Waals surface area (Å²) >= 11 is 3.32. The van der Waals surface area contributed by atoms with E-state index in [0.717, 1.165) is 17.5 Å². The monoisotopic (exact) mass is 239 g/mol. The molecule has 0 N–H and O–H groups in total. The number of hydrogen-bond donors (Lipinski definition) is 0. The fourth-order valence-electron chi connectivity index (χ4n) is 0.887. The van der Waals surface area contributed by atoms with Crippen molar-refractivity contribution in [2.45, 2.75) is 6.42 Å². The maximum absolute atomic E-state index is 6.82. The first kappa shape index (κ1) is 10.1. The highest BCUT2D eigenvalue weighted by Crippen LogP contribution is 2.19. The van der Waals surface area contributed by atoms with Crippen LogP contribution in [0, 0.1) is 6.57 Å². The second kappa shape index (κ2) is 5.60. The molecule has 0 aliphatic carbocycles. The standard InChI is InChI=1S/C10H10BrNO/c1-12-9-4-2-5-10(8-9)13-7-3-6-11/h2,4-5,8H,3,6-7H2. The van der Waals surface area contributed by atoms with E-state index < -0.39 is 0 Å². The molecule has 0 radical (unpaired) electrons. The molecule has 0 unspecified atom stereocenters. The van der Waals surface area contributed by atoms with Crippen LogP contribution in [0.2, 0.25) is 0 Å². The van der Waals surface area contributed by atoms with Crippen LogP contribution in [-0.4, -0.2) is 11.9 Å². The summed E-state index contributed by atoms with van der Waals surface area (Å²) in [6, 6.07) is 7.21. The summed E-state index contributed by atoms with van der Waals surface area (Å²) in [6.45, 7) is 7.50. The zero-order valence-corrected chi connectivity index (χ0v) is 8.75. The van der Waals surface area contributed by atoms with Crippen LogP contribution in [0.25, 0.3) is 4.85 Å². The number of halogens is 1. The van der Waals surface area contributed by atoms with Gasteiger partial charge in [-0.15, -0.1) is 0 Å². The van der Waals surface area contributed by atoms with Crippen molar-refractivity contribution in [3.05, 3.63) is 35.7 Å². The molecule has 1 aromatic rings. The van der Waals surface area contributed by atoms with Gasteiger partial charge < -0.3 is 4.74 Å². The van der Waals surface area contributed by atoms with E-state index in [2.05, 4.69) is 20.8 Å². The Morgan fingerprint density at radius 3 is 3.00 bits per heavy atom. The second-order valence-electron chi connectivity index (χ2n) is 2.50. The van der Waals surface area contributed by atoms with Crippen molar-refractivity contribution in [3.63, 3.8) is 0 Å². The third kappa shape index (κ3) is 3.47. The van der Waals surface area contributed by atoms with Gasteiger partial charge in [-0.25, -0.2) is 4.85 Å². The molecular formula is C10H10BrNO. The SMILES string of the molecule is [C-]#[N+]c1cccc(OCCCBr)c1. The Labute approximate surface area is 86.5 Å². The summed E-state index contributed by atoms with van der Waals surface area (Å²) in [4.78, 5) is 3.32. The van der Waals surface area contributed by atoms with Gasteiger partial charge in [0.05, 0.1) is 13.2 Å². The first-order chi connectivity index (χ1) is 6.36. The summed E-state index contributed by atoms with van der Waals surface area (Å²) in [7, 11) is 0. The van der Waals surface area contributed by atoms with Crippen molar-refractivity contribution in [3.8, 4) is 5.75 Å². The Bertz CT molecular complexity index is 306. The van der Waals surface area contributed by atoms with Gasteiger partial charge in [-0.3, -0.25) is 0 Å². The van der Waals surface area contributed by atoms with E-state index in [1.165, 1.54) is 0 Å². The molecule has 0 aliphatic rings. The van der Waals surface area contributed by atoms with E-state index in [1.807, 2.05) is 12.1 Å². The average molecular weight is 240 g/mol. The Morgan fingerprint density at radius 1 is 1.46 bits per heavy atom. The van der Waals surface area contributed by atoms with E-state index in [1.54, 1.807) is 12.1 Å². The zero-order valence-electron chi connectivity index (χ0n) is 7.16. The normalized spacial score (nSPS) is 9.23. The average Bonchev–Trinajstić information content (AvgIpc) is 2.19. The minimum Gasteiger partial charge on any atom is -0.495 e. The van der Waals surface area contributed by atoms with Gasteiger partial charge >= 0.3 is 0 Å². The maximum Gasteiger partial charge on any atom is 0.190 e. The van der Waals surface area contributed by atoms with E-state index in [4.69, 9.17) is 11.3 Å². The van der Waals surface area contributed by atoms with Gasteiger partial charge in [-0.1, -0.05) is 28.1 Å². The predicted octanol–water partition coefficient (Wildman–Crippen LogP) is 3.40. The molecule has 0 bridgehead atoms. The van der Waals surface area contributed by atoms with E-state index in [0.29, 0.717) is 12.3 Å². The van der Waals surface area contributed by atoms with Gasteiger partial charge in [0.2, 0.25) is 0 Å². The zero-order chi connectivity index (χ0) is 9.52. The number of ether oxygens (including phenoxy) is 1. The molecular weight excluding hydrogens is 230 g/mol. The van der Waals surface area contributed by atoms with Gasteiger partial charge in [0.25, 0.3) is 0 Å². The Balaban J connectivity index is 2.52. The van der Waals surface area contributed by atoms with Crippen molar-refractivity contribution in [2.75, 3.05) is 11.9 Å². The summed E-state index contributed by atoms with van der Waals surface area (Å²) < 4.78 is 5.42. The lowest BCUT2D eigenvalue weighted by molar-refractivity contribution is 0.319. The molecule has 0 saturated heterocycles. The quantitative estimate of drug-likeness (QED) is 0.446. The lowest BCUT2D eigenvalue weighted by atomic mass is 10.3. The highest BCUT2D eigenvalue weighted by molar-refractivity contribution is 9.09. The highest BCUT2D eigenvalue weighted by atomic mass is 79.9. The molecule has 2 nitrogen and oxygen atoms in total. The number of rotatable bonds is 4. The van der Waals surface area contributed by atoms with Crippen LogP contribution in [0.3, 0.4) is 0 Å². The Morgan fingerprint density at radius 2 is 2.31 bits per heavy atom. The van der Waals surface area contributed by atoms with Gasteiger partial charge in [-0.05, 0) is 18.6 Å². The summed E-state index contributed by atoms with van der Waals surface area (Å²) in [5.74, 6) is 0.773. The molecule has 0 spiro atoms. The molecule has 0 heterocycles. The summed E-state index contributed by atoms with van der Waals surface area (Å²) in [6.07, 6.45) is 0.974. The van der Waals surface area contributed by atoms with Gasteiger partial charge in [0.15, 0.2) is 5.69 Å². The van der Waals surface area contributed by atoms with E-state index in [9.17, 15) is 0 Å². The first-order valence-corrected chi connectivity index (χ1v) is 5.15. The molecule has 13 heavy (non-hydrogen) atoms.